The first-order valence-electron chi connectivity index (χ1n) is 10.9. The van der Waals surface area contributed by atoms with Crippen molar-refractivity contribution >= 4 is 22.6 Å². The molecule has 2 N–H and O–H groups in total. The zero-order valence-electron chi connectivity index (χ0n) is 18.2. The number of carboxylic acid groups (broad SMARTS) is 1. The Kier molecular flexibility index (Phi) is 7.00. The minimum Gasteiger partial charge on any atom is -0.482 e. The highest BCUT2D eigenvalue weighted by atomic mass is 16.5. The molecule has 4 aromatic carbocycles. The minimum absolute atomic E-state index is 0.0869. The number of carbonyl (C=O) groups excluding carboxylic acids is 1. The molecule has 0 aromatic heterocycles. The lowest BCUT2D eigenvalue weighted by Gasteiger charge is -2.11. The van der Waals surface area contributed by atoms with E-state index in [1.807, 2.05) is 72.8 Å². The van der Waals surface area contributed by atoms with Gasteiger partial charge < -0.3 is 15.2 Å². The average Bonchev–Trinajstić information content (AvgIpc) is 2.85. The zero-order chi connectivity index (χ0) is 23.0. The number of carbonyl (C=O) groups is 2. The fraction of sp³-hybridized carbons (Fsp3) is 0.143. The van der Waals surface area contributed by atoms with Crippen LogP contribution in [0.5, 0.6) is 5.75 Å². The number of hydrogen-bond acceptors (Lipinski definition) is 3. The third kappa shape index (κ3) is 5.98. The molecule has 5 nitrogen and oxygen atoms in total. The number of ether oxygens (including phenoxy) is 1. The number of amides is 1. The Hall–Kier alpha value is -4.12. The van der Waals surface area contributed by atoms with Gasteiger partial charge in [0.1, 0.15) is 5.75 Å². The minimum atomic E-state index is -1.01. The summed E-state index contributed by atoms with van der Waals surface area (Å²) in [7, 11) is 0. The van der Waals surface area contributed by atoms with Crippen LogP contribution in [0.3, 0.4) is 0 Å². The first kappa shape index (κ1) is 22.1. The SMILES string of the molecule is O=C(O)COc1ccc2cc(CNC(=O)c3ccccc3CCc3ccccc3)ccc2c1. The van der Waals surface area contributed by atoms with Gasteiger partial charge in [0.05, 0.1) is 0 Å². The first-order chi connectivity index (χ1) is 16.1. The van der Waals surface area contributed by atoms with Gasteiger partial charge in [0, 0.05) is 12.1 Å². The van der Waals surface area contributed by atoms with Crippen molar-refractivity contribution < 1.29 is 19.4 Å². The summed E-state index contributed by atoms with van der Waals surface area (Å²) >= 11 is 0. The number of hydrogen-bond donors (Lipinski definition) is 2. The topological polar surface area (TPSA) is 75.6 Å². The predicted octanol–water partition coefficient (Wildman–Crippen LogP) is 5.02. The van der Waals surface area contributed by atoms with Gasteiger partial charge in [-0.05, 0) is 64.6 Å². The number of aliphatic carboxylic acids is 1. The second-order valence-corrected chi connectivity index (χ2v) is 7.85. The Labute approximate surface area is 192 Å². The van der Waals surface area contributed by atoms with Crippen molar-refractivity contribution in [3.63, 3.8) is 0 Å². The van der Waals surface area contributed by atoms with E-state index in [0.717, 1.165) is 34.7 Å². The smallest absolute Gasteiger partial charge is 0.341 e. The van der Waals surface area contributed by atoms with Crippen LogP contribution in [0, 0.1) is 0 Å². The number of nitrogens with one attached hydrogen (secondary N) is 1. The molecule has 0 radical (unpaired) electrons. The third-order valence-corrected chi connectivity index (χ3v) is 5.48. The molecule has 166 valence electrons. The fourth-order valence-electron chi connectivity index (χ4n) is 3.78. The van der Waals surface area contributed by atoms with E-state index in [0.29, 0.717) is 17.9 Å². The van der Waals surface area contributed by atoms with Crippen molar-refractivity contribution in [3.05, 3.63) is 113 Å². The molecule has 0 bridgehead atoms. The molecule has 0 saturated carbocycles. The Morgan fingerprint density at radius 1 is 0.758 bits per heavy atom. The van der Waals surface area contributed by atoms with Crippen molar-refractivity contribution in [2.24, 2.45) is 0 Å². The van der Waals surface area contributed by atoms with Gasteiger partial charge in [-0.2, -0.15) is 0 Å². The van der Waals surface area contributed by atoms with Crippen LogP contribution < -0.4 is 10.1 Å². The standard InChI is InChI=1S/C28H25NO4/c30-27(31)19-33-25-15-14-23-16-21(11-13-24(23)17-25)18-29-28(32)26-9-5-4-8-22(26)12-10-20-6-2-1-3-7-20/h1-9,11,13-17H,10,12,18-19H2,(H,29,32)(H,30,31). The van der Waals surface area contributed by atoms with Gasteiger partial charge in [0.15, 0.2) is 6.61 Å². The molecule has 1 amide bonds. The molecule has 4 rings (SSSR count). The van der Waals surface area contributed by atoms with Crippen LogP contribution in [-0.2, 0) is 24.2 Å². The summed E-state index contributed by atoms with van der Waals surface area (Å²) in [6.07, 6.45) is 1.68. The molecule has 0 aliphatic rings. The quantitative estimate of drug-likeness (QED) is 0.384. The highest BCUT2D eigenvalue weighted by molar-refractivity contribution is 5.95. The van der Waals surface area contributed by atoms with Crippen molar-refractivity contribution in [1.29, 1.82) is 0 Å². The molecule has 33 heavy (non-hydrogen) atoms. The molecule has 0 aliphatic heterocycles. The monoisotopic (exact) mass is 439 g/mol. The predicted molar refractivity (Wildman–Crippen MR) is 129 cm³/mol. The van der Waals surface area contributed by atoms with Gasteiger partial charge in [-0.3, -0.25) is 4.79 Å². The maximum Gasteiger partial charge on any atom is 0.341 e. The molecule has 0 fully saturated rings. The van der Waals surface area contributed by atoms with E-state index in [2.05, 4.69) is 17.4 Å². The zero-order valence-corrected chi connectivity index (χ0v) is 18.2. The summed E-state index contributed by atoms with van der Waals surface area (Å²) < 4.78 is 5.24. The van der Waals surface area contributed by atoms with E-state index in [4.69, 9.17) is 9.84 Å². The van der Waals surface area contributed by atoms with Gasteiger partial charge in [0.2, 0.25) is 0 Å². The fourth-order valence-corrected chi connectivity index (χ4v) is 3.78. The van der Waals surface area contributed by atoms with Crippen molar-refractivity contribution in [2.45, 2.75) is 19.4 Å². The largest absolute Gasteiger partial charge is 0.482 e. The van der Waals surface area contributed by atoms with E-state index in [1.54, 1.807) is 6.07 Å². The average molecular weight is 440 g/mol. The Morgan fingerprint density at radius 2 is 1.48 bits per heavy atom. The van der Waals surface area contributed by atoms with Crippen molar-refractivity contribution in [1.82, 2.24) is 5.32 Å². The molecule has 4 aromatic rings. The maximum absolute atomic E-state index is 12.9. The lowest BCUT2D eigenvalue weighted by Crippen LogP contribution is -2.24. The molecule has 5 heteroatoms. The Bertz CT molecular complexity index is 1270. The molecule has 0 spiro atoms. The van der Waals surface area contributed by atoms with Crippen LogP contribution in [-0.4, -0.2) is 23.6 Å². The lowest BCUT2D eigenvalue weighted by atomic mass is 9.99. The summed E-state index contributed by atoms with van der Waals surface area (Å²) in [5.74, 6) is -0.586. The van der Waals surface area contributed by atoms with Crippen LogP contribution in [0.15, 0.2) is 91.0 Å². The summed E-state index contributed by atoms with van der Waals surface area (Å²) in [5, 5.41) is 13.7. The summed E-state index contributed by atoms with van der Waals surface area (Å²) in [5.41, 5.74) is 3.97. The van der Waals surface area contributed by atoms with Crippen LogP contribution in [0.25, 0.3) is 10.8 Å². The molecule has 0 unspecified atom stereocenters. The second-order valence-electron chi connectivity index (χ2n) is 7.85. The number of aryl methyl sites for hydroxylation is 2. The number of fused-ring (bicyclic) bond motifs is 1. The van der Waals surface area contributed by atoms with Gasteiger partial charge in [-0.15, -0.1) is 0 Å². The van der Waals surface area contributed by atoms with Crippen LogP contribution >= 0.6 is 0 Å². The van der Waals surface area contributed by atoms with Gasteiger partial charge in [-0.25, -0.2) is 4.79 Å². The van der Waals surface area contributed by atoms with Crippen LogP contribution in [0.1, 0.15) is 27.0 Å². The van der Waals surface area contributed by atoms with Gasteiger partial charge >= 0.3 is 5.97 Å². The number of rotatable bonds is 9. The normalized spacial score (nSPS) is 10.7. The van der Waals surface area contributed by atoms with E-state index < -0.39 is 5.97 Å². The third-order valence-electron chi connectivity index (χ3n) is 5.48. The van der Waals surface area contributed by atoms with Crippen molar-refractivity contribution in [3.8, 4) is 5.75 Å². The van der Waals surface area contributed by atoms with E-state index in [1.165, 1.54) is 5.56 Å². The van der Waals surface area contributed by atoms with Gasteiger partial charge in [-0.1, -0.05) is 66.7 Å². The van der Waals surface area contributed by atoms with E-state index in [-0.39, 0.29) is 12.5 Å². The first-order valence-corrected chi connectivity index (χ1v) is 10.9. The molecule has 0 heterocycles. The molecule has 0 saturated heterocycles. The summed E-state index contributed by atoms with van der Waals surface area (Å²) in [6, 6.07) is 29.3. The van der Waals surface area contributed by atoms with Crippen LogP contribution in [0.2, 0.25) is 0 Å². The molecular weight excluding hydrogens is 414 g/mol. The number of benzene rings is 4. The van der Waals surface area contributed by atoms with Crippen molar-refractivity contribution in [2.75, 3.05) is 6.61 Å². The maximum atomic E-state index is 12.9. The van der Waals surface area contributed by atoms with E-state index >= 15 is 0 Å². The molecule has 0 atom stereocenters. The highest BCUT2D eigenvalue weighted by Crippen LogP contribution is 2.22. The Morgan fingerprint density at radius 3 is 2.30 bits per heavy atom. The van der Waals surface area contributed by atoms with E-state index in [9.17, 15) is 9.59 Å². The second kappa shape index (κ2) is 10.5. The Balaban J connectivity index is 1.40. The summed E-state index contributed by atoms with van der Waals surface area (Å²) in [4.78, 5) is 23.6. The summed E-state index contributed by atoms with van der Waals surface area (Å²) in [6.45, 7) is 0.0432. The number of carboxylic acids is 1. The molecular formula is C28H25NO4. The molecule has 0 aliphatic carbocycles. The lowest BCUT2D eigenvalue weighted by molar-refractivity contribution is -0.139. The van der Waals surface area contributed by atoms with Crippen LogP contribution in [0.4, 0.5) is 0 Å². The highest BCUT2D eigenvalue weighted by Gasteiger charge is 2.11. The van der Waals surface area contributed by atoms with Gasteiger partial charge in [0.25, 0.3) is 5.91 Å².